The zero-order valence-corrected chi connectivity index (χ0v) is 11.8. The first-order valence-corrected chi connectivity index (χ1v) is 7.21. The predicted octanol–water partition coefficient (Wildman–Crippen LogP) is 3.10. The summed E-state index contributed by atoms with van der Waals surface area (Å²) in [7, 11) is 0. The second kappa shape index (κ2) is 5.46. The van der Waals surface area contributed by atoms with Gasteiger partial charge in [0.1, 0.15) is 5.01 Å². The molecule has 1 fully saturated rings. The molecule has 0 atom stereocenters. The second-order valence-electron chi connectivity index (χ2n) is 5.70. The van der Waals surface area contributed by atoms with Gasteiger partial charge >= 0.3 is 0 Å². The third-order valence-electron chi connectivity index (χ3n) is 2.89. The minimum absolute atomic E-state index is 0.147. The quantitative estimate of drug-likeness (QED) is 0.876. The summed E-state index contributed by atoms with van der Waals surface area (Å²) in [6.07, 6.45) is 4.26. The van der Waals surface area contributed by atoms with Gasteiger partial charge in [-0.1, -0.05) is 0 Å². The number of nitrogens with zero attached hydrogens (tertiary/aromatic N) is 1. The van der Waals surface area contributed by atoms with Crippen LogP contribution in [0.1, 0.15) is 50.7 Å². The van der Waals surface area contributed by atoms with E-state index in [4.69, 9.17) is 4.74 Å². The monoisotopic (exact) mass is 254 g/mol. The molecule has 0 aliphatic heterocycles. The minimum atomic E-state index is 0.147. The molecule has 1 aromatic rings. The molecule has 4 heteroatoms. The van der Waals surface area contributed by atoms with Gasteiger partial charge in [0.05, 0.1) is 18.4 Å². The van der Waals surface area contributed by atoms with Crippen molar-refractivity contribution in [3.63, 3.8) is 0 Å². The van der Waals surface area contributed by atoms with E-state index < -0.39 is 0 Å². The van der Waals surface area contributed by atoms with Gasteiger partial charge in [0.25, 0.3) is 0 Å². The molecule has 1 aliphatic carbocycles. The zero-order valence-electron chi connectivity index (χ0n) is 11.0. The van der Waals surface area contributed by atoms with Crippen molar-refractivity contribution in [2.45, 2.75) is 64.8 Å². The fourth-order valence-corrected chi connectivity index (χ4v) is 2.30. The lowest BCUT2D eigenvalue weighted by Crippen LogP contribution is -2.35. The summed E-state index contributed by atoms with van der Waals surface area (Å²) in [5.41, 5.74) is 1.22. The Hall–Kier alpha value is -0.450. The summed E-state index contributed by atoms with van der Waals surface area (Å²) < 4.78 is 5.75. The Balaban J connectivity index is 1.74. The van der Waals surface area contributed by atoms with Gasteiger partial charge in [-0.2, -0.15) is 0 Å². The van der Waals surface area contributed by atoms with Crippen LogP contribution in [0.3, 0.4) is 0 Å². The topological polar surface area (TPSA) is 34.2 Å². The van der Waals surface area contributed by atoms with E-state index in [-0.39, 0.29) is 5.54 Å². The fourth-order valence-electron chi connectivity index (χ4n) is 1.58. The van der Waals surface area contributed by atoms with Gasteiger partial charge in [0.15, 0.2) is 0 Å². The molecule has 1 aliphatic rings. The van der Waals surface area contributed by atoms with Gasteiger partial charge in [0, 0.05) is 17.5 Å². The standard InChI is InChI=1S/C13H22N2OS/c1-13(2,3)14-7-12-15-10(9-17-12)8-16-11-5-4-6-11/h9,11,14H,4-8H2,1-3H3. The molecule has 0 spiro atoms. The molecular weight excluding hydrogens is 232 g/mol. The molecule has 2 rings (SSSR count). The van der Waals surface area contributed by atoms with Gasteiger partial charge in [-0.3, -0.25) is 0 Å². The summed E-state index contributed by atoms with van der Waals surface area (Å²) in [5.74, 6) is 0. The number of nitrogens with one attached hydrogen (secondary N) is 1. The molecule has 17 heavy (non-hydrogen) atoms. The molecule has 96 valence electrons. The Labute approximate surface area is 108 Å². The van der Waals surface area contributed by atoms with E-state index >= 15 is 0 Å². The van der Waals surface area contributed by atoms with Crippen LogP contribution in [0.2, 0.25) is 0 Å². The van der Waals surface area contributed by atoms with Crippen molar-refractivity contribution in [3.8, 4) is 0 Å². The van der Waals surface area contributed by atoms with E-state index in [1.54, 1.807) is 11.3 Å². The molecular formula is C13H22N2OS. The van der Waals surface area contributed by atoms with Gasteiger partial charge < -0.3 is 10.1 Å². The Morgan fingerprint density at radius 1 is 1.47 bits per heavy atom. The number of aromatic nitrogens is 1. The highest BCUT2D eigenvalue weighted by molar-refractivity contribution is 7.09. The van der Waals surface area contributed by atoms with Crippen LogP contribution in [0.15, 0.2) is 5.38 Å². The molecule has 0 radical (unpaired) electrons. The number of hydrogen-bond acceptors (Lipinski definition) is 4. The lowest BCUT2D eigenvalue weighted by Gasteiger charge is -2.24. The average Bonchev–Trinajstić information content (AvgIpc) is 2.59. The lowest BCUT2D eigenvalue weighted by atomic mass is 9.96. The highest BCUT2D eigenvalue weighted by Crippen LogP contribution is 2.23. The average molecular weight is 254 g/mol. The van der Waals surface area contributed by atoms with Crippen LogP contribution < -0.4 is 5.32 Å². The molecule has 0 saturated heterocycles. The minimum Gasteiger partial charge on any atom is -0.372 e. The van der Waals surface area contributed by atoms with Crippen LogP contribution in [0.4, 0.5) is 0 Å². The first-order chi connectivity index (χ1) is 8.03. The molecule has 1 heterocycles. The van der Waals surface area contributed by atoms with Gasteiger partial charge in [-0.25, -0.2) is 4.98 Å². The molecule has 1 N–H and O–H groups in total. The largest absolute Gasteiger partial charge is 0.372 e. The summed E-state index contributed by atoms with van der Waals surface area (Å²) in [5, 5.41) is 6.70. The van der Waals surface area contributed by atoms with Crippen molar-refractivity contribution in [3.05, 3.63) is 16.1 Å². The smallest absolute Gasteiger partial charge is 0.107 e. The normalized spacial score (nSPS) is 17.1. The summed E-state index contributed by atoms with van der Waals surface area (Å²) in [6.45, 7) is 8.03. The maximum Gasteiger partial charge on any atom is 0.107 e. The summed E-state index contributed by atoms with van der Waals surface area (Å²) in [4.78, 5) is 4.57. The first-order valence-electron chi connectivity index (χ1n) is 6.33. The van der Waals surface area contributed by atoms with Crippen LogP contribution in [0.5, 0.6) is 0 Å². The van der Waals surface area contributed by atoms with Crippen molar-refractivity contribution in [2.75, 3.05) is 0 Å². The van der Waals surface area contributed by atoms with Crippen molar-refractivity contribution in [1.29, 1.82) is 0 Å². The van der Waals surface area contributed by atoms with Crippen LogP contribution in [-0.2, 0) is 17.9 Å². The SMILES string of the molecule is CC(C)(C)NCc1nc(COC2CCC2)cs1. The highest BCUT2D eigenvalue weighted by atomic mass is 32.1. The fraction of sp³-hybridized carbons (Fsp3) is 0.769. The Morgan fingerprint density at radius 3 is 2.82 bits per heavy atom. The van der Waals surface area contributed by atoms with Crippen molar-refractivity contribution in [2.24, 2.45) is 0 Å². The van der Waals surface area contributed by atoms with Crippen molar-refractivity contribution >= 4 is 11.3 Å². The summed E-state index contributed by atoms with van der Waals surface area (Å²) >= 11 is 1.71. The molecule has 0 aromatic carbocycles. The highest BCUT2D eigenvalue weighted by Gasteiger charge is 2.18. The van der Waals surface area contributed by atoms with Crippen LogP contribution >= 0.6 is 11.3 Å². The molecule has 0 amide bonds. The molecule has 1 saturated carbocycles. The first kappa shape index (κ1) is 13.0. The zero-order chi connectivity index (χ0) is 12.3. The van der Waals surface area contributed by atoms with E-state index in [9.17, 15) is 0 Å². The lowest BCUT2D eigenvalue weighted by molar-refractivity contribution is -0.00993. The van der Waals surface area contributed by atoms with Gasteiger partial charge in [-0.05, 0) is 40.0 Å². The van der Waals surface area contributed by atoms with Crippen LogP contribution in [0, 0.1) is 0 Å². The number of ether oxygens (including phenoxy) is 1. The van der Waals surface area contributed by atoms with Gasteiger partial charge in [-0.15, -0.1) is 11.3 Å². The Bertz CT molecular complexity index is 353. The third-order valence-corrected chi connectivity index (χ3v) is 3.79. The van der Waals surface area contributed by atoms with Crippen LogP contribution in [0.25, 0.3) is 0 Å². The third kappa shape index (κ3) is 4.37. The van der Waals surface area contributed by atoms with E-state index in [0.29, 0.717) is 12.7 Å². The Morgan fingerprint density at radius 2 is 2.24 bits per heavy atom. The van der Waals surface area contributed by atoms with Crippen LogP contribution in [-0.4, -0.2) is 16.6 Å². The predicted molar refractivity (Wildman–Crippen MR) is 71.1 cm³/mol. The van der Waals surface area contributed by atoms with E-state index in [2.05, 4.69) is 36.5 Å². The molecule has 0 bridgehead atoms. The maximum atomic E-state index is 5.75. The van der Waals surface area contributed by atoms with E-state index in [1.165, 1.54) is 19.3 Å². The molecule has 3 nitrogen and oxygen atoms in total. The Kier molecular flexibility index (Phi) is 4.17. The maximum absolute atomic E-state index is 5.75. The van der Waals surface area contributed by atoms with E-state index in [0.717, 1.165) is 17.2 Å². The molecule has 1 aromatic heterocycles. The van der Waals surface area contributed by atoms with Gasteiger partial charge in [0.2, 0.25) is 0 Å². The number of rotatable bonds is 5. The summed E-state index contributed by atoms with van der Waals surface area (Å²) in [6, 6.07) is 0. The van der Waals surface area contributed by atoms with Crippen molar-refractivity contribution in [1.82, 2.24) is 10.3 Å². The van der Waals surface area contributed by atoms with E-state index in [1.807, 2.05) is 0 Å². The number of hydrogen-bond donors (Lipinski definition) is 1. The molecule has 0 unspecified atom stereocenters. The second-order valence-corrected chi connectivity index (χ2v) is 6.64. The number of thiazole rings is 1. The van der Waals surface area contributed by atoms with Crippen molar-refractivity contribution < 1.29 is 4.74 Å².